The molecule has 0 radical (unpaired) electrons. The summed E-state index contributed by atoms with van der Waals surface area (Å²) in [4.78, 5) is 19.4. The highest BCUT2D eigenvalue weighted by Crippen LogP contribution is 2.33. The summed E-state index contributed by atoms with van der Waals surface area (Å²) in [5.74, 6) is 0. The van der Waals surface area contributed by atoms with Gasteiger partial charge >= 0.3 is 5.66 Å². The molecule has 0 fully saturated rings. The predicted molar refractivity (Wildman–Crippen MR) is 50.7 cm³/mol. The van der Waals surface area contributed by atoms with Gasteiger partial charge < -0.3 is 5.73 Å². The summed E-state index contributed by atoms with van der Waals surface area (Å²) < 4.78 is 0. The van der Waals surface area contributed by atoms with Gasteiger partial charge in [-0.15, -0.1) is 0 Å². The van der Waals surface area contributed by atoms with Crippen molar-refractivity contribution in [1.29, 1.82) is 0 Å². The first kappa shape index (κ1) is 11.4. The van der Waals surface area contributed by atoms with Crippen molar-refractivity contribution in [2.75, 3.05) is 0 Å². The fraction of sp³-hybridized carbons (Fsp3) is 0.333. The molecular weight excluding hydrogens is 228 g/mol. The van der Waals surface area contributed by atoms with Gasteiger partial charge in [0.25, 0.3) is 5.70 Å². The minimum Gasteiger partial charge on any atom is -0.402 e. The lowest BCUT2D eigenvalue weighted by Gasteiger charge is -2.22. The normalized spacial score (nSPS) is 26.1. The molecular formula is C6H7ClN4O4. The zero-order valence-corrected chi connectivity index (χ0v) is 8.10. The number of halogens is 1. The first-order chi connectivity index (χ1) is 6.79. The Morgan fingerprint density at radius 2 is 2.00 bits per heavy atom. The summed E-state index contributed by atoms with van der Waals surface area (Å²) in [6.45, 7) is 0. The summed E-state index contributed by atoms with van der Waals surface area (Å²) in [6.07, 6.45) is 0.618. The van der Waals surface area contributed by atoms with Crippen molar-refractivity contribution in [3.05, 3.63) is 42.7 Å². The quantitative estimate of drug-likeness (QED) is 0.388. The smallest absolute Gasteiger partial charge is 0.320 e. The minimum atomic E-state index is -2.21. The molecule has 1 aliphatic carbocycles. The number of nitrogens with two attached hydrogens (primary N) is 2. The van der Waals surface area contributed by atoms with E-state index >= 15 is 0 Å². The lowest BCUT2D eigenvalue weighted by Crippen LogP contribution is -2.51. The number of nitrogens with zero attached hydrogens (tertiary/aromatic N) is 2. The Hall–Kier alpha value is -1.67. The molecule has 1 aliphatic rings. The van der Waals surface area contributed by atoms with Gasteiger partial charge in [0.2, 0.25) is 0 Å². The van der Waals surface area contributed by atoms with Crippen LogP contribution >= 0.6 is 11.6 Å². The van der Waals surface area contributed by atoms with E-state index in [0.29, 0.717) is 0 Å². The van der Waals surface area contributed by atoms with Gasteiger partial charge in [-0.25, -0.2) is 0 Å². The van der Waals surface area contributed by atoms with Crippen molar-refractivity contribution in [2.24, 2.45) is 11.5 Å². The van der Waals surface area contributed by atoms with E-state index < -0.39 is 26.2 Å². The van der Waals surface area contributed by atoms with Crippen LogP contribution in [0.5, 0.6) is 0 Å². The second-order valence-corrected chi connectivity index (χ2v) is 3.41. The molecule has 0 aromatic rings. The summed E-state index contributed by atoms with van der Waals surface area (Å²) >= 11 is 5.52. The highest BCUT2D eigenvalue weighted by atomic mass is 35.5. The summed E-state index contributed by atoms with van der Waals surface area (Å²) in [5, 5.41) is 20.5. The molecule has 0 aromatic carbocycles. The Labute approximate surface area is 88.5 Å². The number of nitro groups is 2. The average Bonchev–Trinajstić information content (AvgIpc) is 2.10. The summed E-state index contributed by atoms with van der Waals surface area (Å²) in [7, 11) is 0. The second-order valence-electron chi connectivity index (χ2n) is 3.03. The second kappa shape index (κ2) is 3.48. The largest absolute Gasteiger partial charge is 0.402 e. The lowest BCUT2D eigenvalue weighted by molar-refractivity contribution is -0.557. The molecule has 0 aromatic heterocycles. The molecule has 8 nitrogen and oxygen atoms in total. The van der Waals surface area contributed by atoms with E-state index in [0.717, 1.165) is 6.08 Å². The molecule has 1 atom stereocenters. The maximum absolute atomic E-state index is 10.7. The van der Waals surface area contributed by atoms with E-state index in [4.69, 9.17) is 23.1 Å². The molecule has 0 saturated carbocycles. The Morgan fingerprint density at radius 3 is 2.40 bits per heavy atom. The van der Waals surface area contributed by atoms with E-state index in [-0.39, 0.29) is 12.1 Å². The van der Waals surface area contributed by atoms with Crippen molar-refractivity contribution in [2.45, 2.75) is 12.1 Å². The van der Waals surface area contributed by atoms with Gasteiger partial charge in [0, 0.05) is 16.7 Å². The van der Waals surface area contributed by atoms with Crippen molar-refractivity contribution >= 4 is 11.6 Å². The zero-order valence-electron chi connectivity index (χ0n) is 7.34. The molecule has 0 amide bonds. The van der Waals surface area contributed by atoms with Gasteiger partial charge in [-0.05, 0) is 0 Å². The van der Waals surface area contributed by atoms with Crippen LogP contribution in [0.2, 0.25) is 0 Å². The van der Waals surface area contributed by atoms with Crippen molar-refractivity contribution < 1.29 is 9.85 Å². The molecule has 0 saturated heterocycles. The maximum Gasteiger partial charge on any atom is 0.320 e. The van der Waals surface area contributed by atoms with Crippen LogP contribution in [0, 0.1) is 20.2 Å². The van der Waals surface area contributed by atoms with E-state index in [9.17, 15) is 20.2 Å². The Bertz CT molecular complexity index is 404. The van der Waals surface area contributed by atoms with Crippen molar-refractivity contribution in [1.82, 2.24) is 0 Å². The van der Waals surface area contributed by atoms with Crippen LogP contribution in [0.25, 0.3) is 0 Å². The average molecular weight is 235 g/mol. The maximum atomic E-state index is 10.7. The van der Waals surface area contributed by atoms with Crippen LogP contribution in [-0.4, -0.2) is 15.5 Å². The Balaban J connectivity index is 3.35. The SMILES string of the molecule is NC1=CC([N+](=O)[O-])=C(Cl)C(N)([N+](=O)[O-])C1. The van der Waals surface area contributed by atoms with E-state index in [1.54, 1.807) is 0 Å². The third-order valence-electron chi connectivity index (χ3n) is 1.92. The molecule has 1 unspecified atom stereocenters. The Kier molecular flexibility index (Phi) is 2.65. The lowest BCUT2D eigenvalue weighted by atomic mass is 9.98. The zero-order chi connectivity index (χ0) is 11.8. The molecule has 0 aliphatic heterocycles. The molecule has 4 N–H and O–H groups in total. The fourth-order valence-corrected chi connectivity index (χ4v) is 1.44. The number of hydrogen-bond donors (Lipinski definition) is 2. The molecule has 82 valence electrons. The highest BCUT2D eigenvalue weighted by Gasteiger charge is 2.49. The van der Waals surface area contributed by atoms with Crippen LogP contribution in [0.1, 0.15) is 6.42 Å². The molecule has 9 heteroatoms. The number of allylic oxidation sites excluding steroid dienone is 1. The molecule has 0 spiro atoms. The van der Waals surface area contributed by atoms with Crippen molar-refractivity contribution in [3.63, 3.8) is 0 Å². The van der Waals surface area contributed by atoms with Crippen LogP contribution in [0.15, 0.2) is 22.5 Å². The molecule has 1 rings (SSSR count). The van der Waals surface area contributed by atoms with Crippen molar-refractivity contribution in [3.8, 4) is 0 Å². The van der Waals surface area contributed by atoms with Gasteiger partial charge in [-0.2, -0.15) is 0 Å². The molecule has 0 heterocycles. The van der Waals surface area contributed by atoms with Crippen LogP contribution < -0.4 is 11.5 Å². The molecule has 15 heavy (non-hydrogen) atoms. The first-order valence-electron chi connectivity index (χ1n) is 3.73. The van der Waals surface area contributed by atoms with Gasteiger partial charge in [-0.1, -0.05) is 11.6 Å². The fourth-order valence-electron chi connectivity index (χ4n) is 1.18. The van der Waals surface area contributed by atoms with Crippen LogP contribution in [0.4, 0.5) is 0 Å². The monoisotopic (exact) mass is 234 g/mol. The minimum absolute atomic E-state index is 0.0506. The van der Waals surface area contributed by atoms with E-state index in [1.165, 1.54) is 0 Å². The van der Waals surface area contributed by atoms with E-state index in [2.05, 4.69) is 0 Å². The van der Waals surface area contributed by atoms with Gasteiger partial charge in [0.15, 0.2) is 5.03 Å². The predicted octanol–water partition coefficient (Wildman–Crippen LogP) is -0.108. The van der Waals surface area contributed by atoms with Crippen LogP contribution in [-0.2, 0) is 0 Å². The standard InChI is InChI=1S/C6H7ClN4O4/c7-5-4(10(12)13)1-3(8)2-6(5,9)11(14)15/h1H,2,8-9H2. The third-order valence-corrected chi connectivity index (χ3v) is 2.44. The topological polar surface area (TPSA) is 138 Å². The summed E-state index contributed by atoms with van der Waals surface area (Å²) in [6, 6.07) is 0. The third kappa shape index (κ3) is 1.76. The van der Waals surface area contributed by atoms with Gasteiger partial charge in [-0.3, -0.25) is 26.0 Å². The first-order valence-corrected chi connectivity index (χ1v) is 4.11. The number of hydrogen-bond acceptors (Lipinski definition) is 6. The molecule has 0 bridgehead atoms. The highest BCUT2D eigenvalue weighted by molar-refractivity contribution is 6.31. The van der Waals surface area contributed by atoms with Crippen LogP contribution in [0.3, 0.4) is 0 Å². The number of rotatable bonds is 2. The van der Waals surface area contributed by atoms with Gasteiger partial charge in [0.05, 0.1) is 11.3 Å². The Morgan fingerprint density at radius 1 is 1.47 bits per heavy atom. The van der Waals surface area contributed by atoms with Gasteiger partial charge in [0.1, 0.15) is 0 Å². The van der Waals surface area contributed by atoms with E-state index in [1.807, 2.05) is 0 Å². The summed E-state index contributed by atoms with van der Waals surface area (Å²) in [5.41, 5.74) is 7.77.